The topological polar surface area (TPSA) is 78.4 Å². The van der Waals surface area contributed by atoms with Gasteiger partial charge < -0.3 is 15.7 Å². The van der Waals surface area contributed by atoms with E-state index in [2.05, 4.69) is 10.6 Å². The fourth-order valence-corrected chi connectivity index (χ4v) is 2.56. The molecular weight excluding hydrogens is 256 g/mol. The summed E-state index contributed by atoms with van der Waals surface area (Å²) in [6.45, 7) is 6.56. The standard InChI is InChI=1S/C15H28N2O3/c1-11(13(18)19)7-6-8-12(2)17-14(20)15(3)9-4-5-10-16-15/h11-12,16H,4-10H2,1-3H3,(H,17,20)(H,18,19). The number of amides is 1. The van der Waals surface area contributed by atoms with E-state index in [9.17, 15) is 9.59 Å². The van der Waals surface area contributed by atoms with Crippen molar-refractivity contribution in [3.8, 4) is 0 Å². The summed E-state index contributed by atoms with van der Waals surface area (Å²) in [6.07, 6.45) is 5.39. The van der Waals surface area contributed by atoms with Crippen LogP contribution in [0.25, 0.3) is 0 Å². The maximum atomic E-state index is 12.3. The van der Waals surface area contributed by atoms with Crippen LogP contribution in [-0.4, -0.2) is 35.1 Å². The Hall–Kier alpha value is -1.10. The second kappa shape index (κ2) is 7.62. The van der Waals surface area contributed by atoms with Crippen molar-refractivity contribution in [1.82, 2.24) is 10.6 Å². The number of aliphatic carboxylic acids is 1. The van der Waals surface area contributed by atoms with E-state index >= 15 is 0 Å². The van der Waals surface area contributed by atoms with E-state index in [4.69, 9.17) is 5.11 Å². The number of carboxylic acid groups (broad SMARTS) is 1. The van der Waals surface area contributed by atoms with Gasteiger partial charge in [-0.3, -0.25) is 9.59 Å². The number of nitrogens with one attached hydrogen (secondary N) is 2. The van der Waals surface area contributed by atoms with E-state index in [1.54, 1.807) is 6.92 Å². The van der Waals surface area contributed by atoms with Gasteiger partial charge in [0.25, 0.3) is 0 Å². The fraction of sp³-hybridized carbons (Fsp3) is 0.867. The lowest BCUT2D eigenvalue weighted by molar-refractivity contribution is -0.141. The molecule has 20 heavy (non-hydrogen) atoms. The van der Waals surface area contributed by atoms with Crippen molar-refractivity contribution >= 4 is 11.9 Å². The zero-order chi connectivity index (χ0) is 15.2. The van der Waals surface area contributed by atoms with E-state index < -0.39 is 11.5 Å². The largest absolute Gasteiger partial charge is 0.481 e. The first kappa shape index (κ1) is 17.0. The quantitative estimate of drug-likeness (QED) is 0.667. The van der Waals surface area contributed by atoms with Gasteiger partial charge in [0.15, 0.2) is 0 Å². The summed E-state index contributed by atoms with van der Waals surface area (Å²) in [5, 5.41) is 15.2. The highest BCUT2D eigenvalue weighted by Crippen LogP contribution is 2.19. The second-order valence-electron chi connectivity index (χ2n) is 6.26. The van der Waals surface area contributed by atoms with Gasteiger partial charge in [-0.25, -0.2) is 0 Å². The molecule has 0 radical (unpaired) electrons. The predicted octanol–water partition coefficient (Wildman–Crippen LogP) is 1.91. The molecule has 1 fully saturated rings. The molecule has 1 saturated heterocycles. The van der Waals surface area contributed by atoms with Gasteiger partial charge in [-0.15, -0.1) is 0 Å². The second-order valence-corrected chi connectivity index (χ2v) is 6.26. The van der Waals surface area contributed by atoms with Crippen molar-refractivity contribution in [2.45, 2.75) is 70.9 Å². The molecule has 1 aliphatic heterocycles. The predicted molar refractivity (Wildman–Crippen MR) is 78.5 cm³/mol. The summed E-state index contributed by atoms with van der Waals surface area (Å²) in [6, 6.07) is 0.0871. The molecule has 3 unspecified atom stereocenters. The molecule has 5 heteroatoms. The molecule has 0 saturated carbocycles. The van der Waals surface area contributed by atoms with Gasteiger partial charge in [-0.1, -0.05) is 13.3 Å². The van der Waals surface area contributed by atoms with Crippen molar-refractivity contribution in [3.05, 3.63) is 0 Å². The van der Waals surface area contributed by atoms with Crippen LogP contribution in [0.4, 0.5) is 0 Å². The monoisotopic (exact) mass is 284 g/mol. The first-order valence-corrected chi connectivity index (χ1v) is 7.64. The molecule has 3 N–H and O–H groups in total. The Balaban J connectivity index is 2.29. The molecule has 1 heterocycles. The third-order valence-corrected chi connectivity index (χ3v) is 4.19. The zero-order valence-corrected chi connectivity index (χ0v) is 12.9. The van der Waals surface area contributed by atoms with Crippen LogP contribution in [0.3, 0.4) is 0 Å². The Morgan fingerprint density at radius 2 is 2.00 bits per heavy atom. The van der Waals surface area contributed by atoms with Gasteiger partial charge in [0.1, 0.15) is 0 Å². The Morgan fingerprint density at radius 3 is 2.55 bits per heavy atom. The van der Waals surface area contributed by atoms with Crippen LogP contribution in [0.15, 0.2) is 0 Å². The lowest BCUT2D eigenvalue weighted by Crippen LogP contribution is -2.58. The third kappa shape index (κ3) is 5.12. The van der Waals surface area contributed by atoms with Crippen molar-refractivity contribution < 1.29 is 14.7 Å². The van der Waals surface area contributed by atoms with Crippen LogP contribution >= 0.6 is 0 Å². The van der Waals surface area contributed by atoms with Crippen LogP contribution in [0.1, 0.15) is 59.3 Å². The highest BCUT2D eigenvalue weighted by molar-refractivity contribution is 5.86. The Kier molecular flexibility index (Phi) is 6.46. The van der Waals surface area contributed by atoms with E-state index in [0.29, 0.717) is 6.42 Å². The molecule has 0 aliphatic carbocycles. The summed E-state index contributed by atoms with van der Waals surface area (Å²) in [4.78, 5) is 23.0. The fourth-order valence-electron chi connectivity index (χ4n) is 2.56. The number of hydrogen-bond donors (Lipinski definition) is 3. The number of piperidine rings is 1. The molecule has 0 aromatic heterocycles. The van der Waals surface area contributed by atoms with Crippen molar-refractivity contribution in [3.63, 3.8) is 0 Å². The molecule has 5 nitrogen and oxygen atoms in total. The number of carbonyl (C=O) groups is 2. The minimum atomic E-state index is -0.749. The number of carboxylic acids is 1. The van der Waals surface area contributed by atoms with Crippen LogP contribution in [0.5, 0.6) is 0 Å². The van der Waals surface area contributed by atoms with Crippen molar-refractivity contribution in [1.29, 1.82) is 0 Å². The average molecular weight is 284 g/mol. The normalized spacial score (nSPS) is 25.8. The van der Waals surface area contributed by atoms with E-state index in [-0.39, 0.29) is 17.9 Å². The van der Waals surface area contributed by atoms with Gasteiger partial charge in [-0.2, -0.15) is 0 Å². The van der Waals surface area contributed by atoms with Crippen LogP contribution in [-0.2, 0) is 9.59 Å². The lowest BCUT2D eigenvalue weighted by atomic mass is 9.89. The molecular formula is C15H28N2O3. The van der Waals surface area contributed by atoms with Crippen molar-refractivity contribution in [2.24, 2.45) is 5.92 Å². The minimum absolute atomic E-state index is 0.0657. The third-order valence-electron chi connectivity index (χ3n) is 4.19. The molecule has 0 bridgehead atoms. The summed E-state index contributed by atoms with van der Waals surface area (Å²) < 4.78 is 0. The highest BCUT2D eigenvalue weighted by Gasteiger charge is 2.34. The smallest absolute Gasteiger partial charge is 0.306 e. The Labute approximate surface area is 121 Å². The molecule has 116 valence electrons. The first-order chi connectivity index (χ1) is 9.35. The van der Waals surface area contributed by atoms with Gasteiger partial charge in [0, 0.05) is 6.04 Å². The summed E-state index contributed by atoms with van der Waals surface area (Å²) in [5.41, 5.74) is -0.444. The molecule has 3 atom stereocenters. The van der Waals surface area contributed by atoms with Gasteiger partial charge in [0.05, 0.1) is 11.5 Å². The highest BCUT2D eigenvalue weighted by atomic mass is 16.4. The first-order valence-electron chi connectivity index (χ1n) is 7.64. The SMILES string of the molecule is CC(CCCC(C)C(=O)O)NC(=O)C1(C)CCCCN1. The van der Waals surface area contributed by atoms with Gasteiger partial charge in [-0.05, 0) is 52.5 Å². The van der Waals surface area contributed by atoms with Crippen molar-refractivity contribution in [2.75, 3.05) is 6.54 Å². The number of rotatable bonds is 7. The van der Waals surface area contributed by atoms with E-state index in [1.807, 2.05) is 13.8 Å². The van der Waals surface area contributed by atoms with Gasteiger partial charge >= 0.3 is 5.97 Å². The number of carbonyl (C=O) groups excluding carboxylic acids is 1. The average Bonchev–Trinajstić information content (AvgIpc) is 2.39. The molecule has 0 spiro atoms. The lowest BCUT2D eigenvalue weighted by Gasteiger charge is -2.34. The Bertz CT molecular complexity index is 338. The molecule has 0 aromatic rings. The Morgan fingerprint density at radius 1 is 1.30 bits per heavy atom. The van der Waals surface area contributed by atoms with Crippen LogP contribution in [0, 0.1) is 5.92 Å². The molecule has 1 amide bonds. The molecule has 0 aromatic carbocycles. The maximum absolute atomic E-state index is 12.3. The van der Waals surface area contributed by atoms with Crippen LogP contribution < -0.4 is 10.6 Å². The maximum Gasteiger partial charge on any atom is 0.306 e. The molecule has 1 rings (SSSR count). The molecule has 1 aliphatic rings. The summed E-state index contributed by atoms with van der Waals surface area (Å²) in [5.74, 6) is -0.994. The van der Waals surface area contributed by atoms with Crippen LogP contribution in [0.2, 0.25) is 0 Å². The number of hydrogen-bond acceptors (Lipinski definition) is 3. The summed E-state index contributed by atoms with van der Waals surface area (Å²) in [7, 11) is 0. The van der Waals surface area contributed by atoms with Gasteiger partial charge in [0.2, 0.25) is 5.91 Å². The zero-order valence-electron chi connectivity index (χ0n) is 12.9. The van der Waals surface area contributed by atoms with E-state index in [0.717, 1.165) is 38.6 Å². The van der Waals surface area contributed by atoms with E-state index in [1.165, 1.54) is 0 Å². The summed E-state index contributed by atoms with van der Waals surface area (Å²) >= 11 is 0. The minimum Gasteiger partial charge on any atom is -0.481 e.